The molecule has 1 aromatic carbocycles. The van der Waals surface area contributed by atoms with Crippen LogP contribution in [0.4, 0.5) is 5.69 Å². The molecule has 0 saturated carbocycles. The van der Waals surface area contributed by atoms with Crippen molar-refractivity contribution in [2.24, 2.45) is 0 Å². The van der Waals surface area contributed by atoms with E-state index in [1.165, 1.54) is 0 Å². The van der Waals surface area contributed by atoms with Gasteiger partial charge < -0.3 is 15.4 Å². The van der Waals surface area contributed by atoms with E-state index in [2.05, 4.69) is 0 Å². The molecule has 1 aliphatic heterocycles. The normalized spacial score (nSPS) is 18.7. The van der Waals surface area contributed by atoms with Gasteiger partial charge in [0.15, 0.2) is 0 Å². The fourth-order valence-electron chi connectivity index (χ4n) is 2.09. The first kappa shape index (κ1) is 13.2. The van der Waals surface area contributed by atoms with Gasteiger partial charge in [-0.25, -0.2) is 0 Å². The average Bonchev–Trinajstić information content (AvgIpc) is 2.31. The topological polar surface area (TPSA) is 55.6 Å². The van der Waals surface area contributed by atoms with Crippen LogP contribution in [0.15, 0.2) is 18.2 Å². The lowest BCUT2D eigenvalue weighted by Crippen LogP contribution is -2.55. The number of amides is 1. The zero-order valence-electron chi connectivity index (χ0n) is 10.6. The number of carbonyl (C=O) groups is 1. The number of halogens is 1. The first-order chi connectivity index (χ1) is 8.42. The Balaban J connectivity index is 2.33. The zero-order valence-corrected chi connectivity index (χ0v) is 11.3. The van der Waals surface area contributed by atoms with Crippen molar-refractivity contribution in [3.63, 3.8) is 0 Å². The van der Waals surface area contributed by atoms with E-state index in [0.29, 0.717) is 36.0 Å². The third-order valence-electron chi connectivity index (χ3n) is 3.11. The minimum Gasteiger partial charge on any atom is -0.399 e. The van der Waals surface area contributed by atoms with Crippen LogP contribution in [0.25, 0.3) is 0 Å². The maximum atomic E-state index is 12.5. The summed E-state index contributed by atoms with van der Waals surface area (Å²) in [7, 11) is 0. The van der Waals surface area contributed by atoms with E-state index >= 15 is 0 Å². The number of hydrogen-bond donors (Lipinski definition) is 1. The summed E-state index contributed by atoms with van der Waals surface area (Å²) in [6, 6.07) is 4.96. The van der Waals surface area contributed by atoms with Gasteiger partial charge in [-0.1, -0.05) is 11.6 Å². The van der Waals surface area contributed by atoms with Crippen LogP contribution in [0.1, 0.15) is 24.2 Å². The molecule has 1 saturated heterocycles. The monoisotopic (exact) mass is 268 g/mol. The van der Waals surface area contributed by atoms with Crippen molar-refractivity contribution < 1.29 is 9.53 Å². The molecule has 18 heavy (non-hydrogen) atoms. The quantitative estimate of drug-likeness (QED) is 0.794. The van der Waals surface area contributed by atoms with E-state index < -0.39 is 0 Å². The summed E-state index contributed by atoms with van der Waals surface area (Å²) in [6.45, 7) is 5.60. The summed E-state index contributed by atoms with van der Waals surface area (Å²) in [6.07, 6.45) is 0. The standard InChI is InChI=1S/C13H17ClN2O2/c1-13(2)8-18-6-5-16(13)12(17)10-7-9(15)3-4-11(10)14/h3-4,7H,5-6,8,15H2,1-2H3. The van der Waals surface area contributed by atoms with Crippen molar-refractivity contribution in [2.75, 3.05) is 25.5 Å². The summed E-state index contributed by atoms with van der Waals surface area (Å²) in [5.41, 5.74) is 6.36. The molecule has 1 fully saturated rings. The largest absolute Gasteiger partial charge is 0.399 e. The number of hydrogen-bond acceptors (Lipinski definition) is 3. The summed E-state index contributed by atoms with van der Waals surface area (Å²) in [5, 5.41) is 0.427. The second kappa shape index (κ2) is 4.78. The minimum atomic E-state index is -0.330. The predicted octanol–water partition coefficient (Wildman–Crippen LogP) is 2.17. The van der Waals surface area contributed by atoms with Crippen molar-refractivity contribution in [2.45, 2.75) is 19.4 Å². The zero-order chi connectivity index (χ0) is 13.3. The van der Waals surface area contributed by atoms with Crippen LogP contribution in [-0.4, -0.2) is 36.1 Å². The minimum absolute atomic E-state index is 0.0967. The lowest BCUT2D eigenvalue weighted by atomic mass is 10.0. The van der Waals surface area contributed by atoms with Gasteiger partial charge in [0.1, 0.15) is 0 Å². The molecule has 0 radical (unpaired) electrons. The average molecular weight is 269 g/mol. The summed E-state index contributed by atoms with van der Waals surface area (Å²) >= 11 is 6.07. The van der Waals surface area contributed by atoms with Crippen LogP contribution in [-0.2, 0) is 4.74 Å². The van der Waals surface area contributed by atoms with Crippen LogP contribution in [0.2, 0.25) is 5.02 Å². The predicted molar refractivity (Wildman–Crippen MR) is 71.8 cm³/mol. The molecule has 4 nitrogen and oxygen atoms in total. The molecule has 98 valence electrons. The van der Waals surface area contributed by atoms with E-state index in [-0.39, 0.29) is 11.4 Å². The van der Waals surface area contributed by atoms with E-state index in [0.717, 1.165) is 0 Å². The number of ether oxygens (including phenoxy) is 1. The molecule has 1 aromatic rings. The Kier molecular flexibility index (Phi) is 3.50. The SMILES string of the molecule is CC1(C)COCCN1C(=O)c1cc(N)ccc1Cl. The number of nitrogens with two attached hydrogens (primary N) is 1. The van der Waals surface area contributed by atoms with E-state index in [1.807, 2.05) is 13.8 Å². The molecule has 0 spiro atoms. The molecular weight excluding hydrogens is 252 g/mol. The third-order valence-corrected chi connectivity index (χ3v) is 3.44. The lowest BCUT2D eigenvalue weighted by molar-refractivity contribution is -0.0370. The number of rotatable bonds is 1. The second-order valence-electron chi connectivity index (χ2n) is 5.06. The highest BCUT2D eigenvalue weighted by Gasteiger charge is 2.35. The first-order valence-electron chi connectivity index (χ1n) is 5.86. The van der Waals surface area contributed by atoms with Crippen LogP contribution in [0.5, 0.6) is 0 Å². The van der Waals surface area contributed by atoms with E-state index in [1.54, 1.807) is 23.1 Å². The highest BCUT2D eigenvalue weighted by Crippen LogP contribution is 2.26. The second-order valence-corrected chi connectivity index (χ2v) is 5.47. The third kappa shape index (κ3) is 2.44. The van der Waals surface area contributed by atoms with Gasteiger partial charge in [-0.15, -0.1) is 0 Å². The molecule has 1 aliphatic rings. The molecule has 0 atom stereocenters. The van der Waals surface area contributed by atoms with Gasteiger partial charge in [0.25, 0.3) is 5.91 Å². The summed E-state index contributed by atoms with van der Waals surface area (Å²) in [5.74, 6) is -0.0967. The van der Waals surface area contributed by atoms with Gasteiger partial charge in [0, 0.05) is 12.2 Å². The Hall–Kier alpha value is -1.26. The Morgan fingerprint density at radius 3 is 2.89 bits per heavy atom. The van der Waals surface area contributed by atoms with Crippen LogP contribution < -0.4 is 5.73 Å². The highest BCUT2D eigenvalue weighted by molar-refractivity contribution is 6.34. The number of anilines is 1. The molecule has 1 amide bonds. The van der Waals surface area contributed by atoms with Gasteiger partial charge in [0.05, 0.1) is 29.3 Å². The Morgan fingerprint density at radius 2 is 2.22 bits per heavy atom. The van der Waals surface area contributed by atoms with Gasteiger partial charge in [-0.05, 0) is 32.0 Å². The molecule has 2 N–H and O–H groups in total. The molecule has 0 aliphatic carbocycles. The molecule has 0 unspecified atom stereocenters. The van der Waals surface area contributed by atoms with Crippen LogP contribution in [0, 0.1) is 0 Å². The Morgan fingerprint density at radius 1 is 1.50 bits per heavy atom. The molecular formula is C13H17ClN2O2. The first-order valence-corrected chi connectivity index (χ1v) is 6.24. The van der Waals surface area contributed by atoms with Crippen molar-refractivity contribution >= 4 is 23.2 Å². The molecule has 1 heterocycles. The smallest absolute Gasteiger partial charge is 0.256 e. The Bertz CT molecular complexity index is 474. The van der Waals surface area contributed by atoms with Gasteiger partial charge >= 0.3 is 0 Å². The Labute approximate surface area is 112 Å². The fraction of sp³-hybridized carbons (Fsp3) is 0.462. The molecule has 0 bridgehead atoms. The summed E-state index contributed by atoms with van der Waals surface area (Å²) < 4.78 is 5.40. The fourth-order valence-corrected chi connectivity index (χ4v) is 2.29. The molecule has 5 heteroatoms. The lowest BCUT2D eigenvalue weighted by Gasteiger charge is -2.42. The number of nitrogens with zero attached hydrogens (tertiary/aromatic N) is 1. The number of nitrogen functional groups attached to an aromatic ring is 1. The molecule has 0 aromatic heterocycles. The van der Waals surface area contributed by atoms with Crippen molar-refractivity contribution in [1.82, 2.24) is 4.90 Å². The van der Waals surface area contributed by atoms with Crippen molar-refractivity contribution in [3.05, 3.63) is 28.8 Å². The van der Waals surface area contributed by atoms with Crippen molar-refractivity contribution in [3.8, 4) is 0 Å². The van der Waals surface area contributed by atoms with Crippen LogP contribution in [0.3, 0.4) is 0 Å². The molecule has 2 rings (SSSR count). The van der Waals surface area contributed by atoms with Crippen molar-refractivity contribution in [1.29, 1.82) is 0 Å². The number of morpholine rings is 1. The van der Waals surface area contributed by atoms with Gasteiger partial charge in [-0.2, -0.15) is 0 Å². The van der Waals surface area contributed by atoms with E-state index in [9.17, 15) is 4.79 Å². The maximum absolute atomic E-state index is 12.5. The number of benzene rings is 1. The van der Waals surface area contributed by atoms with Crippen LogP contribution >= 0.6 is 11.6 Å². The van der Waals surface area contributed by atoms with Gasteiger partial charge in [-0.3, -0.25) is 4.79 Å². The van der Waals surface area contributed by atoms with Gasteiger partial charge in [0.2, 0.25) is 0 Å². The van der Waals surface area contributed by atoms with E-state index in [4.69, 9.17) is 22.1 Å². The summed E-state index contributed by atoms with van der Waals surface area (Å²) in [4.78, 5) is 14.3. The highest BCUT2D eigenvalue weighted by atomic mass is 35.5. The maximum Gasteiger partial charge on any atom is 0.256 e. The number of carbonyl (C=O) groups excluding carboxylic acids is 1.